The number of rotatable bonds is 4. The molecule has 1 atom stereocenters. The van der Waals surface area contributed by atoms with Gasteiger partial charge in [-0.25, -0.2) is 4.39 Å². The van der Waals surface area contributed by atoms with Gasteiger partial charge in [-0.15, -0.1) is 0 Å². The largest absolute Gasteiger partial charge is 0.508 e. The molecule has 0 bridgehead atoms. The number of hydrogen-bond donors (Lipinski definition) is 2. The quantitative estimate of drug-likeness (QED) is 0.889. The van der Waals surface area contributed by atoms with E-state index >= 15 is 0 Å². The number of aromatic hydroxyl groups is 1. The maximum absolute atomic E-state index is 13.6. The normalized spacial score (nSPS) is 12.2. The Balaban J connectivity index is 2.06. The number of hydrogen-bond acceptors (Lipinski definition) is 3. The van der Waals surface area contributed by atoms with E-state index < -0.39 is 11.9 Å². The van der Waals surface area contributed by atoms with E-state index in [-0.39, 0.29) is 17.9 Å². The van der Waals surface area contributed by atoms with Gasteiger partial charge in [-0.3, -0.25) is 0 Å². The molecule has 0 aliphatic rings. The van der Waals surface area contributed by atoms with E-state index in [0.717, 1.165) is 5.56 Å². The van der Waals surface area contributed by atoms with E-state index in [1.54, 1.807) is 30.3 Å². The van der Waals surface area contributed by atoms with E-state index in [9.17, 15) is 14.6 Å². The number of benzene rings is 2. The van der Waals surface area contributed by atoms with Gasteiger partial charge in [0.25, 0.3) is 0 Å². The van der Waals surface area contributed by atoms with Crippen LogP contribution in [0.4, 0.5) is 4.39 Å². The van der Waals surface area contributed by atoms with Crippen LogP contribution in [0.1, 0.15) is 24.2 Å². The number of aliphatic hydroxyl groups is 1. The maximum Gasteiger partial charge on any atom is 0.132 e. The lowest BCUT2D eigenvalue weighted by Gasteiger charge is -2.10. The summed E-state index contributed by atoms with van der Waals surface area (Å²) in [6, 6.07) is 11.0. The molecule has 0 saturated carbocycles. The first-order valence-electron chi connectivity index (χ1n) is 5.94. The lowest BCUT2D eigenvalue weighted by atomic mass is 10.1. The highest BCUT2D eigenvalue weighted by Crippen LogP contribution is 2.22. The third-order valence-electron chi connectivity index (χ3n) is 2.74. The lowest BCUT2D eigenvalue weighted by molar-refractivity contribution is 0.194. The fourth-order valence-electron chi connectivity index (χ4n) is 1.75. The molecule has 2 aromatic rings. The van der Waals surface area contributed by atoms with Crippen LogP contribution >= 0.6 is 0 Å². The van der Waals surface area contributed by atoms with Gasteiger partial charge in [0.2, 0.25) is 0 Å². The van der Waals surface area contributed by atoms with Crippen molar-refractivity contribution in [1.29, 1.82) is 0 Å². The van der Waals surface area contributed by atoms with Gasteiger partial charge in [-0.2, -0.15) is 0 Å². The number of phenols is 1. The third kappa shape index (κ3) is 3.45. The van der Waals surface area contributed by atoms with Crippen molar-refractivity contribution in [3.63, 3.8) is 0 Å². The van der Waals surface area contributed by atoms with Crippen LogP contribution in [0.25, 0.3) is 0 Å². The maximum atomic E-state index is 13.6. The molecular weight excluding hydrogens is 247 g/mol. The average molecular weight is 262 g/mol. The molecule has 0 saturated heterocycles. The SMILES string of the molecule is C[C@@H](O)c1ccc(OCc2cccc(O)c2)cc1F. The Labute approximate surface area is 110 Å². The zero-order valence-corrected chi connectivity index (χ0v) is 10.5. The highest BCUT2D eigenvalue weighted by Gasteiger charge is 2.09. The minimum Gasteiger partial charge on any atom is -0.508 e. The first-order valence-corrected chi connectivity index (χ1v) is 5.94. The van der Waals surface area contributed by atoms with Crippen LogP contribution < -0.4 is 4.74 Å². The van der Waals surface area contributed by atoms with Gasteiger partial charge < -0.3 is 14.9 Å². The predicted octanol–water partition coefficient (Wildman–Crippen LogP) is 3.16. The summed E-state index contributed by atoms with van der Waals surface area (Å²) in [5, 5.41) is 18.6. The highest BCUT2D eigenvalue weighted by molar-refractivity contribution is 5.31. The number of phenolic OH excluding ortho intramolecular Hbond substituents is 1. The number of aliphatic hydroxyl groups excluding tert-OH is 1. The van der Waals surface area contributed by atoms with Gasteiger partial charge in [0.15, 0.2) is 0 Å². The predicted molar refractivity (Wildman–Crippen MR) is 69.5 cm³/mol. The fourth-order valence-corrected chi connectivity index (χ4v) is 1.75. The van der Waals surface area contributed by atoms with Crippen LogP contribution in [0.3, 0.4) is 0 Å². The first-order chi connectivity index (χ1) is 9.06. The Bertz CT molecular complexity index is 567. The van der Waals surface area contributed by atoms with Gasteiger partial charge in [0, 0.05) is 11.6 Å². The summed E-state index contributed by atoms with van der Waals surface area (Å²) in [4.78, 5) is 0. The van der Waals surface area contributed by atoms with Crippen molar-refractivity contribution >= 4 is 0 Å². The Morgan fingerprint density at radius 1 is 1.21 bits per heavy atom. The highest BCUT2D eigenvalue weighted by atomic mass is 19.1. The van der Waals surface area contributed by atoms with Gasteiger partial charge in [-0.05, 0) is 36.8 Å². The summed E-state index contributed by atoms with van der Waals surface area (Å²) in [6.45, 7) is 1.74. The van der Waals surface area contributed by atoms with E-state index in [2.05, 4.69) is 0 Å². The van der Waals surface area contributed by atoms with Crippen molar-refractivity contribution in [2.75, 3.05) is 0 Å². The van der Waals surface area contributed by atoms with Crippen LogP contribution in [0.5, 0.6) is 11.5 Å². The molecule has 2 rings (SSSR count). The number of ether oxygens (including phenoxy) is 1. The summed E-state index contributed by atoms with van der Waals surface area (Å²) in [5.41, 5.74) is 1.03. The summed E-state index contributed by atoms with van der Waals surface area (Å²) in [7, 11) is 0. The topological polar surface area (TPSA) is 49.7 Å². The lowest BCUT2D eigenvalue weighted by Crippen LogP contribution is -1.99. The van der Waals surface area contributed by atoms with E-state index in [1.165, 1.54) is 19.1 Å². The van der Waals surface area contributed by atoms with Crippen molar-refractivity contribution in [1.82, 2.24) is 0 Å². The molecule has 0 aromatic heterocycles. The smallest absolute Gasteiger partial charge is 0.132 e. The molecule has 0 heterocycles. The van der Waals surface area contributed by atoms with Crippen molar-refractivity contribution in [2.24, 2.45) is 0 Å². The molecule has 0 amide bonds. The molecule has 3 nitrogen and oxygen atoms in total. The molecule has 0 radical (unpaired) electrons. The second-order valence-corrected chi connectivity index (χ2v) is 4.32. The van der Waals surface area contributed by atoms with Crippen LogP contribution in [0.15, 0.2) is 42.5 Å². The van der Waals surface area contributed by atoms with Gasteiger partial charge in [-0.1, -0.05) is 12.1 Å². The molecule has 2 N–H and O–H groups in total. The summed E-state index contributed by atoms with van der Waals surface area (Å²) < 4.78 is 19.0. The molecule has 0 aliphatic carbocycles. The molecule has 4 heteroatoms. The zero-order valence-electron chi connectivity index (χ0n) is 10.5. The molecule has 0 fully saturated rings. The van der Waals surface area contributed by atoms with Gasteiger partial charge in [0.05, 0.1) is 6.10 Å². The molecule has 2 aromatic carbocycles. The van der Waals surface area contributed by atoms with E-state index in [4.69, 9.17) is 4.74 Å². The zero-order chi connectivity index (χ0) is 13.8. The summed E-state index contributed by atoms with van der Waals surface area (Å²) >= 11 is 0. The average Bonchev–Trinajstić information content (AvgIpc) is 2.36. The Hall–Kier alpha value is -2.07. The molecular formula is C15H15FO3. The van der Waals surface area contributed by atoms with Crippen LogP contribution in [0, 0.1) is 5.82 Å². The minimum absolute atomic E-state index is 0.164. The van der Waals surface area contributed by atoms with Crippen molar-refractivity contribution in [3.05, 3.63) is 59.4 Å². The second-order valence-electron chi connectivity index (χ2n) is 4.32. The minimum atomic E-state index is -0.847. The van der Waals surface area contributed by atoms with Crippen molar-refractivity contribution < 1.29 is 19.3 Å². The fraction of sp³-hybridized carbons (Fsp3) is 0.200. The third-order valence-corrected chi connectivity index (χ3v) is 2.74. The Kier molecular flexibility index (Phi) is 4.02. The first kappa shape index (κ1) is 13.4. The van der Waals surface area contributed by atoms with Crippen LogP contribution in [-0.4, -0.2) is 10.2 Å². The summed E-state index contributed by atoms with van der Waals surface area (Å²) in [5.74, 6) is 0.0467. The van der Waals surface area contributed by atoms with Gasteiger partial charge >= 0.3 is 0 Å². The molecule has 19 heavy (non-hydrogen) atoms. The molecule has 0 aliphatic heterocycles. The van der Waals surface area contributed by atoms with Crippen molar-refractivity contribution in [2.45, 2.75) is 19.6 Å². The monoisotopic (exact) mass is 262 g/mol. The van der Waals surface area contributed by atoms with E-state index in [0.29, 0.717) is 5.75 Å². The van der Waals surface area contributed by atoms with E-state index in [1.807, 2.05) is 0 Å². The summed E-state index contributed by atoms with van der Waals surface area (Å²) in [6.07, 6.45) is -0.847. The Morgan fingerprint density at radius 2 is 2.00 bits per heavy atom. The Morgan fingerprint density at radius 3 is 2.63 bits per heavy atom. The van der Waals surface area contributed by atoms with Crippen molar-refractivity contribution in [3.8, 4) is 11.5 Å². The van der Waals surface area contributed by atoms with Crippen LogP contribution in [0.2, 0.25) is 0 Å². The second kappa shape index (κ2) is 5.71. The standard InChI is InChI=1S/C15H15FO3/c1-10(17)14-6-5-13(8-15(14)16)19-9-11-3-2-4-12(18)7-11/h2-8,10,17-18H,9H2,1H3/t10-/m1/s1. The molecule has 100 valence electrons. The van der Waals surface area contributed by atoms with Crippen LogP contribution in [-0.2, 0) is 6.61 Å². The van der Waals surface area contributed by atoms with Gasteiger partial charge in [0.1, 0.15) is 23.9 Å². The molecule has 0 spiro atoms. The number of halogens is 1. The molecule has 0 unspecified atom stereocenters.